The van der Waals surface area contributed by atoms with Crippen LogP contribution in [0.4, 0.5) is 0 Å². The molecule has 3 nitrogen and oxygen atoms in total. The summed E-state index contributed by atoms with van der Waals surface area (Å²) in [6.45, 7) is 1.61. The molecule has 0 radical (unpaired) electrons. The Morgan fingerprint density at radius 3 is 2.53 bits per heavy atom. The first-order chi connectivity index (χ1) is 7.09. The summed E-state index contributed by atoms with van der Waals surface area (Å²) in [7, 11) is 0. The number of hydrogen-bond donors (Lipinski definition) is 1. The van der Waals surface area contributed by atoms with Crippen LogP contribution in [0.15, 0.2) is 21.1 Å². The molecule has 0 aliphatic carbocycles. The molecule has 0 atom stereocenters. The van der Waals surface area contributed by atoms with Gasteiger partial charge in [-0.2, -0.15) is 0 Å². The zero-order chi connectivity index (χ0) is 11.0. The van der Waals surface area contributed by atoms with E-state index < -0.39 is 0 Å². The van der Waals surface area contributed by atoms with Crippen LogP contribution < -0.4 is 0 Å². The number of amides is 1. The number of phenolic OH excluding ortho intramolecular Hbond substituents is 1. The summed E-state index contributed by atoms with van der Waals surface area (Å²) in [4.78, 5) is 13.7. The second-order valence-corrected chi connectivity index (χ2v) is 5.08. The predicted molar refractivity (Wildman–Crippen MR) is 64.0 cm³/mol. The van der Waals surface area contributed by atoms with Gasteiger partial charge in [-0.05, 0) is 50.4 Å². The summed E-state index contributed by atoms with van der Waals surface area (Å²) in [5.41, 5.74) is 0.501. The number of carbonyl (C=O) groups is 1. The quantitative estimate of drug-likeness (QED) is 0.858. The lowest BCUT2D eigenvalue weighted by atomic mass is 10.1. The minimum Gasteiger partial charge on any atom is -0.508 e. The lowest BCUT2D eigenvalue weighted by Crippen LogP contribution is -2.42. The third kappa shape index (κ3) is 2.03. The van der Waals surface area contributed by atoms with Crippen molar-refractivity contribution >= 4 is 37.8 Å². The molecular weight excluding hydrogens is 326 g/mol. The van der Waals surface area contributed by atoms with Crippen LogP contribution in [0.25, 0.3) is 0 Å². The van der Waals surface area contributed by atoms with Crippen molar-refractivity contribution < 1.29 is 9.90 Å². The molecule has 0 bridgehead atoms. The van der Waals surface area contributed by atoms with Crippen molar-refractivity contribution in [2.24, 2.45) is 0 Å². The van der Waals surface area contributed by atoms with Crippen molar-refractivity contribution in [1.82, 2.24) is 4.90 Å². The first kappa shape index (κ1) is 11.0. The summed E-state index contributed by atoms with van der Waals surface area (Å²) >= 11 is 6.61. The largest absolute Gasteiger partial charge is 0.508 e. The van der Waals surface area contributed by atoms with Crippen molar-refractivity contribution in [2.45, 2.75) is 6.42 Å². The number of phenols is 1. The van der Waals surface area contributed by atoms with Crippen LogP contribution in [0.2, 0.25) is 0 Å². The van der Waals surface area contributed by atoms with E-state index in [-0.39, 0.29) is 11.7 Å². The Hall–Kier alpha value is -0.550. The zero-order valence-electron chi connectivity index (χ0n) is 7.83. The standard InChI is InChI=1S/C10H9Br2NO2/c11-8-5-6(14)4-7(9(8)12)10(15)13-2-1-3-13/h4-5,14H,1-3H2. The average molecular weight is 335 g/mol. The minimum atomic E-state index is -0.0373. The van der Waals surface area contributed by atoms with Gasteiger partial charge in [-0.15, -0.1) is 0 Å². The van der Waals surface area contributed by atoms with E-state index in [1.165, 1.54) is 6.07 Å². The Morgan fingerprint density at radius 2 is 2.00 bits per heavy atom. The van der Waals surface area contributed by atoms with Crippen LogP contribution in [0.1, 0.15) is 16.8 Å². The summed E-state index contributed by atoms with van der Waals surface area (Å²) in [5, 5.41) is 9.42. The highest BCUT2D eigenvalue weighted by molar-refractivity contribution is 9.13. The Balaban J connectivity index is 2.38. The highest BCUT2D eigenvalue weighted by Gasteiger charge is 2.24. The molecule has 1 aromatic carbocycles. The topological polar surface area (TPSA) is 40.5 Å². The van der Waals surface area contributed by atoms with E-state index in [0.717, 1.165) is 19.5 Å². The van der Waals surface area contributed by atoms with Gasteiger partial charge >= 0.3 is 0 Å². The zero-order valence-corrected chi connectivity index (χ0v) is 11.0. The van der Waals surface area contributed by atoms with Crippen LogP contribution in [0.3, 0.4) is 0 Å². The molecule has 15 heavy (non-hydrogen) atoms. The second kappa shape index (κ2) is 4.14. The fraction of sp³-hybridized carbons (Fsp3) is 0.300. The molecule has 1 aliphatic rings. The highest BCUT2D eigenvalue weighted by atomic mass is 79.9. The molecule has 5 heteroatoms. The molecule has 2 rings (SSSR count). The van der Waals surface area contributed by atoms with Gasteiger partial charge in [0.25, 0.3) is 5.91 Å². The van der Waals surface area contributed by atoms with Crippen LogP contribution in [0, 0.1) is 0 Å². The van der Waals surface area contributed by atoms with E-state index in [9.17, 15) is 9.90 Å². The van der Waals surface area contributed by atoms with E-state index >= 15 is 0 Å². The molecule has 0 aromatic heterocycles. The smallest absolute Gasteiger partial charge is 0.255 e. The molecule has 1 heterocycles. The maximum Gasteiger partial charge on any atom is 0.255 e. The van der Waals surface area contributed by atoms with Gasteiger partial charge in [0.2, 0.25) is 0 Å². The Labute approximate surface area is 104 Å². The van der Waals surface area contributed by atoms with Crippen molar-refractivity contribution in [1.29, 1.82) is 0 Å². The van der Waals surface area contributed by atoms with Gasteiger partial charge in [0.1, 0.15) is 5.75 Å². The molecule has 0 spiro atoms. The Bertz CT molecular complexity index is 416. The molecule has 1 fully saturated rings. The molecular formula is C10H9Br2NO2. The lowest BCUT2D eigenvalue weighted by molar-refractivity contribution is 0.0650. The van der Waals surface area contributed by atoms with Gasteiger partial charge in [-0.3, -0.25) is 4.79 Å². The lowest BCUT2D eigenvalue weighted by Gasteiger charge is -2.31. The summed E-state index contributed by atoms with van der Waals surface area (Å²) in [5.74, 6) is 0.0543. The predicted octanol–water partition coefficient (Wildman–Crippen LogP) is 2.76. The van der Waals surface area contributed by atoms with Gasteiger partial charge in [-0.25, -0.2) is 0 Å². The number of nitrogens with zero attached hydrogens (tertiary/aromatic N) is 1. The number of carbonyl (C=O) groups excluding carboxylic acids is 1. The molecule has 1 amide bonds. The molecule has 0 unspecified atom stereocenters. The molecule has 1 aromatic rings. The number of rotatable bonds is 1. The highest BCUT2D eigenvalue weighted by Crippen LogP contribution is 2.32. The van der Waals surface area contributed by atoms with E-state index in [4.69, 9.17) is 0 Å². The van der Waals surface area contributed by atoms with Crippen molar-refractivity contribution in [3.63, 3.8) is 0 Å². The van der Waals surface area contributed by atoms with Crippen LogP contribution >= 0.6 is 31.9 Å². The number of hydrogen-bond acceptors (Lipinski definition) is 2. The monoisotopic (exact) mass is 333 g/mol. The van der Waals surface area contributed by atoms with E-state index in [2.05, 4.69) is 31.9 Å². The van der Waals surface area contributed by atoms with Crippen LogP contribution in [-0.4, -0.2) is 29.0 Å². The normalized spacial score (nSPS) is 14.9. The maximum atomic E-state index is 11.9. The second-order valence-electron chi connectivity index (χ2n) is 3.43. The van der Waals surface area contributed by atoms with Crippen molar-refractivity contribution in [2.75, 3.05) is 13.1 Å². The van der Waals surface area contributed by atoms with Crippen molar-refractivity contribution in [3.05, 3.63) is 26.6 Å². The summed E-state index contributed by atoms with van der Waals surface area (Å²) in [6.07, 6.45) is 1.06. The Kier molecular flexibility index (Phi) is 3.02. The third-order valence-electron chi connectivity index (χ3n) is 2.39. The van der Waals surface area contributed by atoms with Gasteiger partial charge in [0.15, 0.2) is 0 Å². The average Bonchev–Trinajstić information content (AvgIpc) is 2.08. The minimum absolute atomic E-state index is 0.0373. The molecule has 1 aliphatic heterocycles. The van der Waals surface area contributed by atoms with Crippen LogP contribution in [-0.2, 0) is 0 Å². The Morgan fingerprint density at radius 1 is 1.33 bits per heavy atom. The van der Waals surface area contributed by atoms with Gasteiger partial charge in [-0.1, -0.05) is 0 Å². The third-order valence-corrected chi connectivity index (χ3v) is 4.40. The molecule has 1 N–H and O–H groups in total. The fourth-order valence-corrected chi connectivity index (χ4v) is 2.27. The number of likely N-dealkylation sites (tertiary alicyclic amines) is 1. The van der Waals surface area contributed by atoms with E-state index in [1.54, 1.807) is 11.0 Å². The van der Waals surface area contributed by atoms with Gasteiger partial charge < -0.3 is 10.0 Å². The summed E-state index contributed by atoms with van der Waals surface area (Å²) < 4.78 is 1.38. The van der Waals surface area contributed by atoms with E-state index in [1.807, 2.05) is 0 Å². The number of benzene rings is 1. The molecule has 80 valence electrons. The number of aromatic hydroxyl groups is 1. The van der Waals surface area contributed by atoms with E-state index in [0.29, 0.717) is 14.5 Å². The maximum absolute atomic E-state index is 11.9. The molecule has 0 saturated carbocycles. The summed E-state index contributed by atoms with van der Waals surface area (Å²) in [6, 6.07) is 3.03. The van der Waals surface area contributed by atoms with Crippen molar-refractivity contribution in [3.8, 4) is 5.75 Å². The van der Waals surface area contributed by atoms with Crippen LogP contribution in [0.5, 0.6) is 5.75 Å². The number of halogens is 2. The fourth-order valence-electron chi connectivity index (χ4n) is 1.42. The first-order valence-corrected chi connectivity index (χ1v) is 6.15. The van der Waals surface area contributed by atoms with Gasteiger partial charge in [0, 0.05) is 22.0 Å². The SMILES string of the molecule is O=C(c1cc(O)cc(Br)c1Br)N1CCC1. The molecule has 1 saturated heterocycles. The first-order valence-electron chi connectivity index (χ1n) is 4.57. The van der Waals surface area contributed by atoms with Gasteiger partial charge in [0.05, 0.1) is 5.56 Å².